The fourth-order valence-corrected chi connectivity index (χ4v) is 5.52. The summed E-state index contributed by atoms with van der Waals surface area (Å²) in [5.41, 5.74) is 3.69. The first kappa shape index (κ1) is 21.1. The highest BCUT2D eigenvalue weighted by atomic mass is 32.2. The minimum atomic E-state index is -3.10. The lowest BCUT2D eigenvalue weighted by Gasteiger charge is -2.14. The molecule has 1 N–H and O–H groups in total. The van der Waals surface area contributed by atoms with Crippen LogP contribution in [0.25, 0.3) is 11.3 Å². The first-order valence-electron chi connectivity index (χ1n) is 10.2. The van der Waals surface area contributed by atoms with Crippen molar-refractivity contribution in [1.82, 2.24) is 9.78 Å². The third-order valence-electron chi connectivity index (χ3n) is 5.19. The number of benzene rings is 2. The normalized spacial score (nSPS) is 17.4. The smallest absolute Gasteiger partial charge is 0.263 e. The molecule has 1 aliphatic rings. The zero-order valence-electron chi connectivity index (χ0n) is 17.5. The van der Waals surface area contributed by atoms with Crippen LogP contribution >= 0.6 is 0 Å². The van der Waals surface area contributed by atoms with E-state index < -0.39 is 9.84 Å². The second kappa shape index (κ2) is 8.55. The highest BCUT2D eigenvalue weighted by molar-refractivity contribution is 7.91. The number of sulfone groups is 1. The maximum absolute atomic E-state index is 12.6. The number of ether oxygens (including phenoxy) is 1. The van der Waals surface area contributed by atoms with Gasteiger partial charge in [0.2, 0.25) is 0 Å². The SMILES string of the molecule is Cc1cc(C)cc(OCC(=O)Nc2cc(-c3ccccc3)nn2C2CCS(=O)(=O)C2)c1. The summed E-state index contributed by atoms with van der Waals surface area (Å²) in [7, 11) is -3.10. The monoisotopic (exact) mass is 439 g/mol. The van der Waals surface area contributed by atoms with E-state index in [2.05, 4.69) is 10.4 Å². The summed E-state index contributed by atoms with van der Waals surface area (Å²) >= 11 is 0. The summed E-state index contributed by atoms with van der Waals surface area (Å²) in [6.45, 7) is 3.79. The molecule has 0 aliphatic carbocycles. The van der Waals surface area contributed by atoms with Gasteiger partial charge in [0.25, 0.3) is 5.91 Å². The van der Waals surface area contributed by atoms with Crippen LogP contribution in [0.4, 0.5) is 5.82 Å². The van der Waals surface area contributed by atoms with Crippen LogP contribution in [-0.4, -0.2) is 42.2 Å². The van der Waals surface area contributed by atoms with Gasteiger partial charge >= 0.3 is 0 Å². The van der Waals surface area contributed by atoms with Crippen molar-refractivity contribution < 1.29 is 17.9 Å². The van der Waals surface area contributed by atoms with Crippen molar-refractivity contribution in [3.05, 3.63) is 65.7 Å². The lowest BCUT2D eigenvalue weighted by Crippen LogP contribution is -2.23. The number of hydrogen-bond donors (Lipinski definition) is 1. The molecule has 31 heavy (non-hydrogen) atoms. The maximum atomic E-state index is 12.6. The number of aromatic nitrogens is 2. The van der Waals surface area contributed by atoms with E-state index in [0.717, 1.165) is 16.7 Å². The molecule has 0 bridgehead atoms. The molecular formula is C23H25N3O4S. The molecule has 1 amide bonds. The molecule has 162 valence electrons. The predicted molar refractivity (Wildman–Crippen MR) is 120 cm³/mol. The quantitative estimate of drug-likeness (QED) is 0.634. The van der Waals surface area contributed by atoms with E-state index in [1.807, 2.05) is 62.4 Å². The third kappa shape index (κ3) is 5.14. The van der Waals surface area contributed by atoms with E-state index in [0.29, 0.717) is 23.7 Å². The predicted octanol–water partition coefficient (Wildman–Crippen LogP) is 3.54. The second-order valence-electron chi connectivity index (χ2n) is 7.94. The van der Waals surface area contributed by atoms with E-state index in [4.69, 9.17) is 4.74 Å². The molecule has 1 fully saturated rings. The fraction of sp³-hybridized carbons (Fsp3) is 0.304. The molecule has 2 heterocycles. The molecule has 8 heteroatoms. The number of aryl methyl sites for hydroxylation is 2. The molecule has 7 nitrogen and oxygen atoms in total. The van der Waals surface area contributed by atoms with Crippen molar-refractivity contribution in [3.63, 3.8) is 0 Å². The largest absolute Gasteiger partial charge is 0.484 e. The van der Waals surface area contributed by atoms with E-state index in [1.165, 1.54) is 0 Å². The van der Waals surface area contributed by atoms with Gasteiger partial charge in [-0.15, -0.1) is 0 Å². The summed E-state index contributed by atoms with van der Waals surface area (Å²) in [5, 5.41) is 7.47. The van der Waals surface area contributed by atoms with Gasteiger partial charge in [-0.05, 0) is 43.5 Å². The van der Waals surface area contributed by atoms with E-state index in [-0.39, 0.29) is 30.1 Å². The Morgan fingerprint density at radius 1 is 1.13 bits per heavy atom. The van der Waals surface area contributed by atoms with Crippen LogP contribution in [0.5, 0.6) is 5.75 Å². The van der Waals surface area contributed by atoms with Crippen molar-refractivity contribution in [3.8, 4) is 17.0 Å². The molecule has 0 saturated carbocycles. The van der Waals surface area contributed by atoms with Crippen LogP contribution in [0.1, 0.15) is 23.6 Å². The Kier molecular flexibility index (Phi) is 5.82. The molecule has 1 atom stereocenters. The number of carbonyl (C=O) groups excluding carboxylic acids is 1. The van der Waals surface area contributed by atoms with Gasteiger partial charge in [-0.3, -0.25) is 4.79 Å². The summed E-state index contributed by atoms with van der Waals surface area (Å²) in [6, 6.07) is 16.8. The molecule has 1 unspecified atom stereocenters. The Morgan fingerprint density at radius 3 is 2.48 bits per heavy atom. The lowest BCUT2D eigenvalue weighted by molar-refractivity contribution is -0.118. The summed E-state index contributed by atoms with van der Waals surface area (Å²) in [5.74, 6) is 0.912. The Labute approximate surface area is 182 Å². The number of carbonyl (C=O) groups is 1. The first-order valence-corrected chi connectivity index (χ1v) is 12.0. The summed E-state index contributed by atoms with van der Waals surface area (Å²) in [6.07, 6.45) is 0.472. The molecule has 2 aromatic carbocycles. The van der Waals surface area contributed by atoms with Crippen molar-refractivity contribution in [1.29, 1.82) is 0 Å². The molecule has 1 aromatic heterocycles. The Morgan fingerprint density at radius 2 is 1.84 bits per heavy atom. The number of nitrogens with one attached hydrogen (secondary N) is 1. The van der Waals surface area contributed by atoms with Crippen molar-refractivity contribution in [2.45, 2.75) is 26.3 Å². The Hall–Kier alpha value is -3.13. The average Bonchev–Trinajstić information content (AvgIpc) is 3.29. The van der Waals surface area contributed by atoms with Gasteiger partial charge in [-0.1, -0.05) is 36.4 Å². The minimum Gasteiger partial charge on any atom is -0.484 e. The van der Waals surface area contributed by atoms with E-state index >= 15 is 0 Å². The standard InChI is InChI=1S/C23H25N3O4S/c1-16-10-17(2)12-20(11-16)30-14-23(27)24-22-13-21(18-6-4-3-5-7-18)25-26(22)19-8-9-31(28,29)15-19/h3-7,10-13,19H,8-9,14-15H2,1-2H3,(H,24,27). The minimum absolute atomic E-state index is 0.0187. The maximum Gasteiger partial charge on any atom is 0.263 e. The number of rotatable bonds is 6. The van der Waals surface area contributed by atoms with Crippen LogP contribution in [0.15, 0.2) is 54.6 Å². The van der Waals surface area contributed by atoms with Gasteiger partial charge < -0.3 is 10.1 Å². The fourth-order valence-electron chi connectivity index (χ4n) is 3.83. The third-order valence-corrected chi connectivity index (χ3v) is 6.94. The van der Waals surface area contributed by atoms with Crippen LogP contribution in [0.2, 0.25) is 0 Å². The van der Waals surface area contributed by atoms with Crippen LogP contribution in [-0.2, 0) is 14.6 Å². The number of anilines is 1. The average molecular weight is 440 g/mol. The van der Waals surface area contributed by atoms with E-state index in [9.17, 15) is 13.2 Å². The van der Waals surface area contributed by atoms with Crippen molar-refractivity contribution >= 4 is 21.6 Å². The molecule has 0 radical (unpaired) electrons. The second-order valence-corrected chi connectivity index (χ2v) is 10.2. The van der Waals surface area contributed by atoms with Crippen molar-refractivity contribution in [2.24, 2.45) is 0 Å². The van der Waals surface area contributed by atoms with Crippen molar-refractivity contribution in [2.75, 3.05) is 23.4 Å². The van der Waals surface area contributed by atoms with Gasteiger partial charge in [0.05, 0.1) is 23.2 Å². The number of amides is 1. The lowest BCUT2D eigenvalue weighted by atomic mass is 10.1. The van der Waals surface area contributed by atoms with Gasteiger partial charge in [0.1, 0.15) is 11.6 Å². The molecule has 0 spiro atoms. The first-order chi connectivity index (χ1) is 14.8. The summed E-state index contributed by atoms with van der Waals surface area (Å²) < 4.78 is 31.3. The topological polar surface area (TPSA) is 90.3 Å². The van der Waals surface area contributed by atoms with Gasteiger partial charge in [-0.25, -0.2) is 13.1 Å². The summed E-state index contributed by atoms with van der Waals surface area (Å²) in [4.78, 5) is 12.6. The highest BCUT2D eigenvalue weighted by Gasteiger charge is 2.31. The zero-order valence-corrected chi connectivity index (χ0v) is 18.4. The van der Waals surface area contributed by atoms with E-state index in [1.54, 1.807) is 10.7 Å². The number of nitrogens with zero attached hydrogens (tertiary/aromatic N) is 2. The zero-order chi connectivity index (χ0) is 22.0. The van der Waals surface area contributed by atoms with Gasteiger partial charge in [0.15, 0.2) is 16.4 Å². The Bertz CT molecular complexity index is 1180. The van der Waals surface area contributed by atoms with Crippen LogP contribution in [0, 0.1) is 13.8 Å². The van der Waals surface area contributed by atoms with Crippen LogP contribution in [0.3, 0.4) is 0 Å². The molecule has 1 saturated heterocycles. The highest BCUT2D eigenvalue weighted by Crippen LogP contribution is 2.30. The number of hydrogen-bond acceptors (Lipinski definition) is 5. The van der Waals surface area contributed by atoms with Gasteiger partial charge in [-0.2, -0.15) is 5.10 Å². The molecule has 4 rings (SSSR count). The van der Waals surface area contributed by atoms with Gasteiger partial charge in [0, 0.05) is 11.6 Å². The molecule has 3 aromatic rings. The molecule has 1 aliphatic heterocycles. The molecular weight excluding hydrogens is 414 g/mol. The van der Waals surface area contributed by atoms with Crippen LogP contribution < -0.4 is 10.1 Å². The Balaban J connectivity index is 1.54.